The van der Waals surface area contributed by atoms with Gasteiger partial charge in [-0.3, -0.25) is 4.79 Å². The fraction of sp³-hybridized carbons (Fsp3) is 0.111. The van der Waals surface area contributed by atoms with Crippen LogP contribution >= 0.6 is 11.6 Å². The Kier molecular flexibility index (Phi) is 8.01. The van der Waals surface area contributed by atoms with E-state index < -0.39 is 5.91 Å². The van der Waals surface area contributed by atoms with E-state index >= 15 is 0 Å². The summed E-state index contributed by atoms with van der Waals surface area (Å²) in [4.78, 5) is 12.7. The average molecular weight is 461 g/mol. The zero-order valence-corrected chi connectivity index (χ0v) is 18.8. The Morgan fingerprint density at radius 2 is 1.97 bits per heavy atom. The van der Waals surface area contributed by atoms with E-state index in [-0.39, 0.29) is 18.0 Å². The zero-order valence-electron chi connectivity index (χ0n) is 18.1. The lowest BCUT2D eigenvalue weighted by Gasteiger charge is -2.12. The number of rotatable bonds is 8. The monoisotopic (exact) mass is 460 g/mol. The molecule has 0 fully saturated rings. The topological polar surface area (TPSA) is 62.1 Å². The smallest absolute Gasteiger partial charge is 0.266 e. The van der Waals surface area contributed by atoms with Gasteiger partial charge in [-0.2, -0.15) is 5.26 Å². The van der Waals surface area contributed by atoms with Crippen molar-refractivity contribution in [2.24, 2.45) is 0 Å². The lowest BCUT2D eigenvalue weighted by Crippen LogP contribution is -2.14. The Bertz CT molecular complexity index is 1240. The molecule has 1 amide bonds. The maximum atomic E-state index is 13.1. The summed E-state index contributed by atoms with van der Waals surface area (Å²) in [6, 6.07) is 18.6. The first-order valence-corrected chi connectivity index (χ1v) is 10.6. The van der Waals surface area contributed by atoms with Gasteiger partial charge < -0.3 is 10.1 Å². The molecule has 0 bridgehead atoms. The number of nitrogens with zero attached hydrogens (tertiary/aromatic N) is 1. The van der Waals surface area contributed by atoms with E-state index in [1.54, 1.807) is 55.5 Å². The normalized spacial score (nSPS) is 10.9. The predicted molar refractivity (Wildman–Crippen MR) is 129 cm³/mol. The summed E-state index contributed by atoms with van der Waals surface area (Å²) < 4.78 is 19.0. The van der Waals surface area contributed by atoms with Crippen molar-refractivity contribution in [1.82, 2.24) is 0 Å². The molecule has 0 aliphatic rings. The minimum atomic E-state index is -0.523. The molecule has 0 atom stereocenters. The molecule has 3 aromatic carbocycles. The number of hydrogen-bond acceptors (Lipinski definition) is 3. The minimum Gasteiger partial charge on any atom is -0.489 e. The molecule has 0 spiro atoms. The van der Waals surface area contributed by atoms with Crippen molar-refractivity contribution >= 4 is 29.3 Å². The Labute approximate surface area is 197 Å². The number of benzene rings is 3. The van der Waals surface area contributed by atoms with Crippen LogP contribution in [0.3, 0.4) is 0 Å². The molecular formula is C27H22ClFN2O2. The summed E-state index contributed by atoms with van der Waals surface area (Å²) >= 11 is 6.11. The van der Waals surface area contributed by atoms with Gasteiger partial charge in [0.15, 0.2) is 0 Å². The van der Waals surface area contributed by atoms with Gasteiger partial charge in [-0.15, -0.1) is 6.58 Å². The molecule has 33 heavy (non-hydrogen) atoms. The van der Waals surface area contributed by atoms with Crippen molar-refractivity contribution in [1.29, 1.82) is 5.26 Å². The number of nitriles is 1. The minimum absolute atomic E-state index is 0.0427. The molecular weight excluding hydrogens is 439 g/mol. The van der Waals surface area contributed by atoms with Crippen LogP contribution in [0, 0.1) is 24.1 Å². The number of amides is 1. The summed E-state index contributed by atoms with van der Waals surface area (Å²) in [5.41, 5.74) is 3.59. The molecule has 0 saturated carbocycles. The first-order valence-electron chi connectivity index (χ1n) is 10.2. The molecule has 0 unspecified atom stereocenters. The van der Waals surface area contributed by atoms with E-state index in [1.807, 2.05) is 12.1 Å². The average Bonchev–Trinajstić information content (AvgIpc) is 2.81. The van der Waals surface area contributed by atoms with Crippen LogP contribution in [0.5, 0.6) is 5.75 Å². The van der Waals surface area contributed by atoms with Crippen LogP contribution in [0.25, 0.3) is 6.08 Å². The van der Waals surface area contributed by atoms with Crippen LogP contribution in [0.2, 0.25) is 5.02 Å². The Balaban J connectivity index is 1.80. The van der Waals surface area contributed by atoms with Crippen LogP contribution < -0.4 is 10.1 Å². The summed E-state index contributed by atoms with van der Waals surface area (Å²) in [6.45, 7) is 5.86. The fourth-order valence-electron chi connectivity index (χ4n) is 3.13. The van der Waals surface area contributed by atoms with Crippen LogP contribution in [0.1, 0.15) is 22.3 Å². The van der Waals surface area contributed by atoms with Gasteiger partial charge in [0.25, 0.3) is 5.91 Å². The van der Waals surface area contributed by atoms with E-state index in [0.717, 1.165) is 16.7 Å². The van der Waals surface area contributed by atoms with Crippen LogP contribution in [0.4, 0.5) is 10.1 Å². The van der Waals surface area contributed by atoms with Gasteiger partial charge in [0.1, 0.15) is 29.8 Å². The number of halogens is 2. The summed E-state index contributed by atoms with van der Waals surface area (Å²) in [5.74, 6) is -0.177. The van der Waals surface area contributed by atoms with Gasteiger partial charge in [0.2, 0.25) is 0 Å². The molecule has 1 N–H and O–H groups in total. The SMILES string of the molecule is C=CCc1cc(/C=C(\C#N)C(=O)Nc2cccc(Cl)c2C)ccc1OCc1ccc(F)cc1. The van der Waals surface area contributed by atoms with Gasteiger partial charge in [-0.05, 0) is 78.1 Å². The van der Waals surface area contributed by atoms with Crippen LogP contribution in [0.15, 0.2) is 78.9 Å². The third kappa shape index (κ3) is 6.31. The van der Waals surface area contributed by atoms with Gasteiger partial charge in [0, 0.05) is 10.7 Å². The molecule has 0 radical (unpaired) electrons. The number of anilines is 1. The number of ether oxygens (including phenoxy) is 1. The fourth-order valence-corrected chi connectivity index (χ4v) is 3.31. The number of carbonyl (C=O) groups excluding carboxylic acids is 1. The molecule has 4 nitrogen and oxygen atoms in total. The predicted octanol–water partition coefficient (Wildman–Crippen LogP) is 6.64. The Hall–Kier alpha value is -3.88. The van der Waals surface area contributed by atoms with Crippen LogP contribution in [-0.4, -0.2) is 5.91 Å². The molecule has 0 aromatic heterocycles. The van der Waals surface area contributed by atoms with E-state index in [1.165, 1.54) is 18.2 Å². The Morgan fingerprint density at radius 3 is 2.67 bits per heavy atom. The summed E-state index contributed by atoms with van der Waals surface area (Å²) in [7, 11) is 0. The number of hydrogen-bond donors (Lipinski definition) is 1. The van der Waals surface area contributed by atoms with Gasteiger partial charge >= 0.3 is 0 Å². The number of nitrogens with one attached hydrogen (secondary N) is 1. The number of allylic oxidation sites excluding steroid dienone is 1. The van der Waals surface area contributed by atoms with Crippen molar-refractivity contribution in [2.75, 3.05) is 5.32 Å². The van der Waals surface area contributed by atoms with Crippen LogP contribution in [-0.2, 0) is 17.8 Å². The molecule has 166 valence electrons. The molecule has 6 heteroatoms. The highest BCUT2D eigenvalue weighted by molar-refractivity contribution is 6.31. The quantitative estimate of drug-likeness (QED) is 0.233. The maximum Gasteiger partial charge on any atom is 0.266 e. The van der Waals surface area contributed by atoms with Crippen molar-refractivity contribution in [3.63, 3.8) is 0 Å². The van der Waals surface area contributed by atoms with Gasteiger partial charge in [-0.25, -0.2) is 4.39 Å². The third-order valence-electron chi connectivity index (χ3n) is 4.95. The zero-order chi connectivity index (χ0) is 23.8. The van der Waals surface area contributed by atoms with Crippen molar-refractivity contribution in [3.8, 4) is 11.8 Å². The highest BCUT2D eigenvalue weighted by Gasteiger charge is 2.13. The molecule has 0 heterocycles. The van der Waals surface area contributed by atoms with E-state index in [9.17, 15) is 14.4 Å². The second-order valence-electron chi connectivity index (χ2n) is 7.31. The first-order chi connectivity index (χ1) is 15.9. The lowest BCUT2D eigenvalue weighted by molar-refractivity contribution is -0.112. The highest BCUT2D eigenvalue weighted by atomic mass is 35.5. The van der Waals surface area contributed by atoms with Crippen molar-refractivity contribution in [2.45, 2.75) is 20.0 Å². The summed E-state index contributed by atoms with van der Waals surface area (Å²) in [6.07, 6.45) is 3.80. The lowest BCUT2D eigenvalue weighted by atomic mass is 10.0. The molecule has 0 aliphatic heterocycles. The number of carbonyl (C=O) groups is 1. The van der Waals surface area contributed by atoms with Crippen molar-refractivity contribution < 1.29 is 13.9 Å². The standard InChI is InChI=1S/C27H22ClFN2O2/c1-3-5-21-14-20(10-13-26(21)33-17-19-8-11-23(29)12-9-19)15-22(16-30)27(32)31-25-7-4-6-24(28)18(25)2/h3-4,6-15H,1,5,17H2,2H3,(H,31,32)/b22-15+. The maximum absolute atomic E-state index is 13.1. The third-order valence-corrected chi connectivity index (χ3v) is 5.36. The molecule has 0 saturated heterocycles. The van der Waals surface area contributed by atoms with E-state index in [2.05, 4.69) is 11.9 Å². The van der Waals surface area contributed by atoms with E-state index in [0.29, 0.717) is 28.4 Å². The Morgan fingerprint density at radius 1 is 1.21 bits per heavy atom. The molecule has 3 aromatic rings. The van der Waals surface area contributed by atoms with Gasteiger partial charge in [0.05, 0.1) is 0 Å². The summed E-state index contributed by atoms with van der Waals surface area (Å²) in [5, 5.41) is 12.8. The second-order valence-corrected chi connectivity index (χ2v) is 7.72. The van der Waals surface area contributed by atoms with E-state index in [4.69, 9.17) is 16.3 Å². The highest BCUT2D eigenvalue weighted by Crippen LogP contribution is 2.25. The molecule has 0 aliphatic carbocycles. The van der Waals surface area contributed by atoms with Crippen molar-refractivity contribution in [3.05, 3.63) is 112 Å². The largest absolute Gasteiger partial charge is 0.489 e. The second kappa shape index (κ2) is 11.1. The van der Waals surface area contributed by atoms with Gasteiger partial charge in [-0.1, -0.05) is 41.9 Å². The molecule has 3 rings (SSSR count). The first kappa shape index (κ1) is 23.8.